The molecule has 0 spiro atoms. The predicted molar refractivity (Wildman–Crippen MR) is 112 cm³/mol. The quantitative estimate of drug-likeness (QED) is 0.571. The van der Waals surface area contributed by atoms with Gasteiger partial charge in [0.2, 0.25) is 5.91 Å². The fourth-order valence-electron chi connectivity index (χ4n) is 3.90. The number of carbonyl (C=O) groups excluding carboxylic acids is 1. The first-order chi connectivity index (χ1) is 14.3. The number of thiophene rings is 1. The molecule has 0 unspecified atom stereocenters. The molecular formula is C22H28N2O4S. The van der Waals surface area contributed by atoms with Gasteiger partial charge in [-0.15, -0.1) is 11.3 Å². The normalized spacial score (nSPS) is 21.5. The topological polar surface area (TPSA) is 64.8 Å². The smallest absolute Gasteiger partial charge is 0.248 e. The van der Waals surface area contributed by atoms with Crippen molar-refractivity contribution >= 4 is 17.2 Å². The van der Waals surface area contributed by atoms with Crippen molar-refractivity contribution in [1.29, 1.82) is 0 Å². The Hall–Kier alpha value is -1.96. The zero-order valence-electron chi connectivity index (χ0n) is 16.6. The maximum absolute atomic E-state index is 12.9. The molecule has 1 fully saturated rings. The summed E-state index contributed by atoms with van der Waals surface area (Å²) < 4.78 is 16.8. The van der Waals surface area contributed by atoms with Crippen molar-refractivity contribution in [2.45, 2.75) is 44.8 Å². The largest absolute Gasteiger partial charge is 0.376 e. The summed E-state index contributed by atoms with van der Waals surface area (Å²) in [5, 5.41) is 6.04. The monoisotopic (exact) mass is 416 g/mol. The minimum absolute atomic E-state index is 0.0250. The lowest BCUT2D eigenvalue weighted by Crippen LogP contribution is -2.42. The van der Waals surface area contributed by atoms with Crippen LogP contribution in [0.1, 0.15) is 37.8 Å². The van der Waals surface area contributed by atoms with E-state index in [2.05, 4.69) is 17.3 Å². The number of allylic oxidation sites excluding steroid dienone is 2. The molecule has 2 aliphatic rings. The Morgan fingerprint density at radius 1 is 1.31 bits per heavy atom. The van der Waals surface area contributed by atoms with Gasteiger partial charge < -0.3 is 18.9 Å². The summed E-state index contributed by atoms with van der Waals surface area (Å²) in [5.41, 5.74) is 0.698. The van der Waals surface area contributed by atoms with Crippen LogP contribution in [0.3, 0.4) is 0 Å². The first-order valence-electron chi connectivity index (χ1n) is 10.4. The standard InChI is InChI=1S/C22H28N2O4S/c25-22(16-26-15-18-12-20(28-23-18)21-9-5-11-29-21)24(14-19-8-4-10-27-19)13-17-6-2-1-3-7-17/h1-2,5,9,11-12,17,19H,3-4,6-8,10,13-16H2/t17-,19-/m1/s1. The Morgan fingerprint density at radius 3 is 3.03 bits per heavy atom. The van der Waals surface area contributed by atoms with Crippen molar-refractivity contribution in [3.63, 3.8) is 0 Å². The minimum atomic E-state index is 0.0250. The molecule has 0 aromatic carbocycles. The molecule has 156 valence electrons. The third kappa shape index (κ3) is 5.78. The van der Waals surface area contributed by atoms with Crippen molar-refractivity contribution in [3.8, 4) is 10.6 Å². The van der Waals surface area contributed by atoms with Gasteiger partial charge in [0.05, 0.1) is 17.6 Å². The van der Waals surface area contributed by atoms with E-state index in [9.17, 15) is 4.79 Å². The molecule has 7 heteroatoms. The number of aromatic nitrogens is 1. The average Bonchev–Trinajstić information content (AvgIpc) is 3.50. The highest BCUT2D eigenvalue weighted by molar-refractivity contribution is 7.13. The van der Waals surface area contributed by atoms with Crippen LogP contribution < -0.4 is 0 Å². The summed E-state index contributed by atoms with van der Waals surface area (Å²) in [7, 11) is 0. The highest BCUT2D eigenvalue weighted by atomic mass is 32.1. The number of rotatable bonds is 9. The summed E-state index contributed by atoms with van der Waals surface area (Å²) in [4.78, 5) is 15.8. The fourth-order valence-corrected chi connectivity index (χ4v) is 4.57. The van der Waals surface area contributed by atoms with E-state index in [4.69, 9.17) is 14.0 Å². The third-order valence-electron chi connectivity index (χ3n) is 5.46. The van der Waals surface area contributed by atoms with Crippen molar-refractivity contribution < 1.29 is 18.8 Å². The SMILES string of the molecule is O=C(COCc1cc(-c2cccs2)on1)N(C[C@@H]1CC=CCC1)C[C@H]1CCCO1. The summed E-state index contributed by atoms with van der Waals surface area (Å²) in [6, 6.07) is 5.83. The van der Waals surface area contributed by atoms with Crippen LogP contribution in [-0.2, 0) is 20.9 Å². The van der Waals surface area contributed by atoms with Gasteiger partial charge >= 0.3 is 0 Å². The summed E-state index contributed by atoms with van der Waals surface area (Å²) in [6.45, 7) is 2.55. The molecule has 1 aliphatic heterocycles. The average molecular weight is 417 g/mol. The molecule has 0 N–H and O–H groups in total. The van der Waals surface area contributed by atoms with Crippen molar-refractivity contribution in [3.05, 3.63) is 41.4 Å². The van der Waals surface area contributed by atoms with E-state index in [1.807, 2.05) is 28.5 Å². The molecule has 1 saturated heterocycles. The number of hydrogen-bond donors (Lipinski definition) is 0. The molecule has 1 amide bonds. The molecule has 1 aliphatic carbocycles. The van der Waals surface area contributed by atoms with Crippen LogP contribution in [0.5, 0.6) is 0 Å². The number of amides is 1. The zero-order valence-corrected chi connectivity index (χ0v) is 17.4. The predicted octanol–water partition coefficient (Wildman–Crippen LogP) is 4.28. The Morgan fingerprint density at radius 2 is 2.28 bits per heavy atom. The number of ether oxygens (including phenoxy) is 2. The highest BCUT2D eigenvalue weighted by Crippen LogP contribution is 2.25. The molecule has 29 heavy (non-hydrogen) atoms. The Labute approximate surface area is 175 Å². The van der Waals surface area contributed by atoms with E-state index >= 15 is 0 Å². The van der Waals surface area contributed by atoms with Gasteiger partial charge in [-0.05, 0) is 49.5 Å². The maximum Gasteiger partial charge on any atom is 0.248 e. The van der Waals surface area contributed by atoms with Gasteiger partial charge in [0.25, 0.3) is 0 Å². The van der Waals surface area contributed by atoms with Crippen LogP contribution in [0.25, 0.3) is 10.6 Å². The summed E-state index contributed by atoms with van der Waals surface area (Å²) in [6.07, 6.45) is 10.00. The molecular weight excluding hydrogens is 388 g/mol. The van der Waals surface area contributed by atoms with Crippen LogP contribution in [0, 0.1) is 5.92 Å². The van der Waals surface area contributed by atoms with Gasteiger partial charge in [-0.2, -0.15) is 0 Å². The van der Waals surface area contributed by atoms with Crippen LogP contribution in [0.15, 0.2) is 40.3 Å². The molecule has 4 rings (SSSR count). The summed E-state index contributed by atoms with van der Waals surface area (Å²) >= 11 is 1.60. The zero-order chi connectivity index (χ0) is 19.9. The molecule has 0 saturated carbocycles. The first-order valence-corrected chi connectivity index (χ1v) is 11.3. The minimum Gasteiger partial charge on any atom is -0.376 e. The van der Waals surface area contributed by atoms with Crippen LogP contribution >= 0.6 is 11.3 Å². The second-order valence-corrected chi connectivity index (χ2v) is 8.68. The first kappa shape index (κ1) is 20.3. The van der Waals surface area contributed by atoms with E-state index in [-0.39, 0.29) is 25.2 Å². The fraction of sp³-hybridized carbons (Fsp3) is 0.545. The molecule has 2 atom stereocenters. The third-order valence-corrected chi connectivity index (χ3v) is 6.34. The highest BCUT2D eigenvalue weighted by Gasteiger charge is 2.25. The second-order valence-electron chi connectivity index (χ2n) is 7.74. The van der Waals surface area contributed by atoms with Crippen LogP contribution in [0.2, 0.25) is 0 Å². The number of nitrogens with zero attached hydrogens (tertiary/aromatic N) is 2. The lowest BCUT2D eigenvalue weighted by molar-refractivity contribution is -0.139. The van der Waals surface area contributed by atoms with Gasteiger partial charge in [0.15, 0.2) is 5.76 Å². The number of hydrogen-bond acceptors (Lipinski definition) is 6. The van der Waals surface area contributed by atoms with E-state index in [1.165, 1.54) is 0 Å². The van der Waals surface area contributed by atoms with E-state index in [1.54, 1.807) is 11.3 Å². The molecule has 0 radical (unpaired) electrons. The van der Waals surface area contributed by atoms with Crippen molar-refractivity contribution in [2.24, 2.45) is 5.92 Å². The van der Waals surface area contributed by atoms with E-state index in [0.29, 0.717) is 18.2 Å². The molecule has 2 aromatic heterocycles. The maximum atomic E-state index is 12.9. The van der Waals surface area contributed by atoms with Gasteiger partial charge in [-0.25, -0.2) is 0 Å². The molecule has 0 bridgehead atoms. The van der Waals surface area contributed by atoms with E-state index in [0.717, 1.165) is 55.9 Å². The summed E-state index contributed by atoms with van der Waals surface area (Å²) in [5.74, 6) is 1.28. The van der Waals surface area contributed by atoms with Crippen LogP contribution in [0.4, 0.5) is 0 Å². The van der Waals surface area contributed by atoms with Gasteiger partial charge in [-0.3, -0.25) is 4.79 Å². The molecule has 2 aromatic rings. The Bertz CT molecular complexity index is 796. The molecule has 6 nitrogen and oxygen atoms in total. The van der Waals surface area contributed by atoms with Crippen molar-refractivity contribution in [2.75, 3.05) is 26.3 Å². The Kier molecular flexibility index (Phi) is 7.14. The lowest BCUT2D eigenvalue weighted by Gasteiger charge is -2.30. The van der Waals surface area contributed by atoms with Gasteiger partial charge in [-0.1, -0.05) is 23.4 Å². The van der Waals surface area contributed by atoms with Gasteiger partial charge in [0, 0.05) is 25.8 Å². The Balaban J connectivity index is 1.29. The van der Waals surface area contributed by atoms with Gasteiger partial charge in [0.1, 0.15) is 12.3 Å². The van der Waals surface area contributed by atoms with Crippen molar-refractivity contribution in [1.82, 2.24) is 10.1 Å². The second kappa shape index (κ2) is 10.2. The van der Waals surface area contributed by atoms with Crippen LogP contribution in [-0.4, -0.2) is 48.4 Å². The molecule has 3 heterocycles. The lowest BCUT2D eigenvalue weighted by atomic mass is 9.94. The number of carbonyl (C=O) groups is 1. The van der Waals surface area contributed by atoms with E-state index < -0.39 is 0 Å².